The molecule has 15 heavy (non-hydrogen) atoms. The fourth-order valence-electron chi connectivity index (χ4n) is 1.85. The predicted molar refractivity (Wildman–Crippen MR) is 67.4 cm³/mol. The lowest BCUT2D eigenvalue weighted by Crippen LogP contribution is -2.12. The number of halogens is 1. The summed E-state index contributed by atoms with van der Waals surface area (Å²) >= 11 is 0. The molecule has 1 aliphatic rings. The van der Waals surface area contributed by atoms with Gasteiger partial charge in [0.25, 0.3) is 0 Å². The Morgan fingerprint density at radius 1 is 1.20 bits per heavy atom. The average molecular weight is 226 g/mol. The van der Waals surface area contributed by atoms with Gasteiger partial charge in [-0.3, -0.25) is 0 Å². The van der Waals surface area contributed by atoms with Crippen molar-refractivity contribution in [2.75, 3.05) is 0 Å². The second kappa shape index (κ2) is 5.00. The molecule has 0 spiro atoms. The summed E-state index contributed by atoms with van der Waals surface area (Å²) in [5.41, 5.74) is 8.89. The first-order chi connectivity index (χ1) is 6.68. The molecule has 0 radical (unpaired) electrons. The molecule has 0 amide bonds. The smallest absolute Gasteiger partial charge is 0.0323 e. The van der Waals surface area contributed by atoms with E-state index in [1.807, 2.05) is 0 Å². The molecule has 1 aliphatic carbocycles. The van der Waals surface area contributed by atoms with Gasteiger partial charge in [-0.05, 0) is 35.8 Å². The van der Waals surface area contributed by atoms with Crippen LogP contribution in [0.25, 0.3) is 0 Å². The van der Waals surface area contributed by atoms with Gasteiger partial charge in [-0.15, -0.1) is 12.4 Å². The minimum atomic E-state index is 0. The Kier molecular flexibility index (Phi) is 4.18. The lowest BCUT2D eigenvalue weighted by atomic mass is 9.96. The van der Waals surface area contributed by atoms with Crippen molar-refractivity contribution in [1.29, 1.82) is 0 Å². The quantitative estimate of drug-likeness (QED) is 0.835. The van der Waals surface area contributed by atoms with Gasteiger partial charge < -0.3 is 5.73 Å². The molecule has 0 unspecified atom stereocenters. The van der Waals surface area contributed by atoms with Crippen LogP contribution < -0.4 is 5.73 Å². The lowest BCUT2D eigenvalue weighted by Gasteiger charge is -2.13. The molecule has 1 aromatic rings. The molecule has 1 saturated carbocycles. The third-order valence-corrected chi connectivity index (χ3v) is 3.09. The van der Waals surface area contributed by atoms with E-state index in [2.05, 4.69) is 38.1 Å². The van der Waals surface area contributed by atoms with E-state index in [0.717, 1.165) is 5.92 Å². The van der Waals surface area contributed by atoms with Crippen LogP contribution in [0.3, 0.4) is 0 Å². The largest absolute Gasteiger partial charge is 0.324 e. The Morgan fingerprint density at radius 3 is 2.33 bits per heavy atom. The van der Waals surface area contributed by atoms with Crippen LogP contribution in [0.2, 0.25) is 0 Å². The molecule has 0 aliphatic heterocycles. The van der Waals surface area contributed by atoms with Crippen molar-refractivity contribution in [1.82, 2.24) is 0 Å². The minimum absolute atomic E-state index is 0. The van der Waals surface area contributed by atoms with Crippen LogP contribution in [-0.2, 0) is 0 Å². The van der Waals surface area contributed by atoms with Gasteiger partial charge in [0.1, 0.15) is 0 Å². The van der Waals surface area contributed by atoms with Crippen molar-refractivity contribution >= 4 is 12.4 Å². The van der Waals surface area contributed by atoms with Gasteiger partial charge >= 0.3 is 0 Å². The molecule has 0 saturated heterocycles. The van der Waals surface area contributed by atoms with Crippen molar-refractivity contribution < 1.29 is 0 Å². The van der Waals surface area contributed by atoms with E-state index in [4.69, 9.17) is 5.73 Å². The first kappa shape index (κ1) is 12.5. The van der Waals surface area contributed by atoms with Crippen molar-refractivity contribution in [2.24, 2.45) is 11.7 Å². The Balaban J connectivity index is 0.00000112. The summed E-state index contributed by atoms with van der Waals surface area (Å²) < 4.78 is 0. The van der Waals surface area contributed by atoms with Crippen LogP contribution in [-0.4, -0.2) is 0 Å². The minimum Gasteiger partial charge on any atom is -0.324 e. The highest BCUT2D eigenvalue weighted by Crippen LogP contribution is 2.39. The van der Waals surface area contributed by atoms with Crippen molar-refractivity contribution in [2.45, 2.75) is 38.6 Å². The van der Waals surface area contributed by atoms with Crippen molar-refractivity contribution in [3.63, 3.8) is 0 Å². The average Bonchev–Trinajstić information content (AvgIpc) is 3.00. The molecule has 0 heterocycles. The highest BCUT2D eigenvalue weighted by Gasteiger charge is 2.29. The number of hydrogen-bond donors (Lipinski definition) is 1. The summed E-state index contributed by atoms with van der Waals surface area (Å²) in [6.45, 7) is 4.45. The molecule has 2 rings (SSSR count). The Morgan fingerprint density at radius 2 is 1.80 bits per heavy atom. The number of benzene rings is 1. The van der Waals surface area contributed by atoms with E-state index in [0.29, 0.717) is 5.92 Å². The molecular formula is C13H20ClN. The van der Waals surface area contributed by atoms with Crippen LogP contribution in [0.5, 0.6) is 0 Å². The van der Waals surface area contributed by atoms with Crippen LogP contribution in [0.4, 0.5) is 0 Å². The molecule has 1 aromatic carbocycles. The normalized spacial score (nSPS) is 17.3. The molecule has 0 bridgehead atoms. The first-order valence-electron chi connectivity index (χ1n) is 5.54. The van der Waals surface area contributed by atoms with Crippen LogP contribution in [0.1, 0.15) is 49.8 Å². The zero-order valence-electron chi connectivity index (χ0n) is 9.44. The van der Waals surface area contributed by atoms with E-state index < -0.39 is 0 Å². The summed E-state index contributed by atoms with van der Waals surface area (Å²) in [6, 6.07) is 9.03. The molecular weight excluding hydrogens is 206 g/mol. The number of hydrogen-bond acceptors (Lipinski definition) is 1. The van der Waals surface area contributed by atoms with Gasteiger partial charge in [0.05, 0.1) is 0 Å². The maximum absolute atomic E-state index is 6.17. The standard InChI is InChI=1S/C13H19N.ClH/c1-9(2)11-4-3-5-12(8-11)13(14)10-6-7-10;/h3-5,8-10,13H,6-7,14H2,1-2H3;1H/t13-;/m0./s1. The summed E-state index contributed by atoms with van der Waals surface area (Å²) in [6.07, 6.45) is 2.63. The van der Waals surface area contributed by atoms with E-state index in [9.17, 15) is 0 Å². The molecule has 84 valence electrons. The molecule has 0 aromatic heterocycles. The Labute approximate surface area is 98.5 Å². The monoisotopic (exact) mass is 225 g/mol. The lowest BCUT2D eigenvalue weighted by molar-refractivity contribution is 0.631. The van der Waals surface area contributed by atoms with Crippen LogP contribution in [0.15, 0.2) is 24.3 Å². The summed E-state index contributed by atoms with van der Waals surface area (Å²) in [4.78, 5) is 0. The van der Waals surface area contributed by atoms with E-state index in [-0.39, 0.29) is 18.4 Å². The topological polar surface area (TPSA) is 26.0 Å². The molecule has 2 heteroatoms. The van der Waals surface area contributed by atoms with Crippen molar-refractivity contribution in [3.05, 3.63) is 35.4 Å². The SMILES string of the molecule is CC(C)c1cccc([C@@H](N)C2CC2)c1.Cl. The molecule has 1 nitrogen and oxygen atoms in total. The van der Waals surface area contributed by atoms with E-state index in [1.54, 1.807) is 0 Å². The second-order valence-electron chi connectivity index (χ2n) is 4.69. The third kappa shape index (κ3) is 2.96. The maximum atomic E-state index is 6.17. The number of rotatable bonds is 3. The van der Waals surface area contributed by atoms with Gasteiger partial charge in [0, 0.05) is 6.04 Å². The first-order valence-corrected chi connectivity index (χ1v) is 5.54. The Hall–Kier alpha value is -0.530. The fourth-order valence-corrected chi connectivity index (χ4v) is 1.85. The van der Waals surface area contributed by atoms with E-state index >= 15 is 0 Å². The van der Waals surface area contributed by atoms with Gasteiger partial charge in [-0.25, -0.2) is 0 Å². The number of nitrogens with two attached hydrogens (primary N) is 1. The molecule has 1 atom stereocenters. The zero-order chi connectivity index (χ0) is 10.1. The van der Waals surface area contributed by atoms with Gasteiger partial charge in [-0.2, -0.15) is 0 Å². The van der Waals surface area contributed by atoms with E-state index in [1.165, 1.54) is 24.0 Å². The Bertz CT molecular complexity index is 318. The highest BCUT2D eigenvalue weighted by molar-refractivity contribution is 5.85. The zero-order valence-corrected chi connectivity index (χ0v) is 10.3. The summed E-state index contributed by atoms with van der Waals surface area (Å²) in [5.74, 6) is 1.35. The van der Waals surface area contributed by atoms with Gasteiger partial charge in [-0.1, -0.05) is 38.1 Å². The van der Waals surface area contributed by atoms with Crippen LogP contribution >= 0.6 is 12.4 Å². The fraction of sp³-hybridized carbons (Fsp3) is 0.538. The predicted octanol–water partition coefficient (Wildman–Crippen LogP) is 3.64. The molecule has 2 N–H and O–H groups in total. The maximum Gasteiger partial charge on any atom is 0.0323 e. The second-order valence-corrected chi connectivity index (χ2v) is 4.69. The van der Waals surface area contributed by atoms with Crippen molar-refractivity contribution in [3.8, 4) is 0 Å². The molecule has 1 fully saturated rings. The highest BCUT2D eigenvalue weighted by atomic mass is 35.5. The third-order valence-electron chi connectivity index (χ3n) is 3.09. The van der Waals surface area contributed by atoms with Crippen LogP contribution in [0, 0.1) is 5.92 Å². The summed E-state index contributed by atoms with van der Waals surface area (Å²) in [5, 5.41) is 0. The van der Waals surface area contributed by atoms with Gasteiger partial charge in [0.2, 0.25) is 0 Å². The summed E-state index contributed by atoms with van der Waals surface area (Å²) in [7, 11) is 0. The van der Waals surface area contributed by atoms with Gasteiger partial charge in [0.15, 0.2) is 0 Å².